The van der Waals surface area contributed by atoms with Crippen LogP contribution in [0.3, 0.4) is 0 Å². The van der Waals surface area contributed by atoms with E-state index in [-0.39, 0.29) is 5.89 Å². The number of aliphatic hydroxyl groups excluding tert-OH is 1. The largest absolute Gasteiger partial charge is 0.418 e. The summed E-state index contributed by atoms with van der Waals surface area (Å²) in [6.45, 7) is 4.10. The van der Waals surface area contributed by atoms with E-state index in [0.717, 1.165) is 5.56 Å². The summed E-state index contributed by atoms with van der Waals surface area (Å²) < 4.78 is 5.48. The van der Waals surface area contributed by atoms with Gasteiger partial charge in [-0.3, -0.25) is 0 Å². The molecule has 0 saturated carbocycles. The summed E-state index contributed by atoms with van der Waals surface area (Å²) in [4.78, 5) is 0. The van der Waals surface area contributed by atoms with Crippen molar-refractivity contribution in [2.75, 3.05) is 0 Å². The van der Waals surface area contributed by atoms with Crippen LogP contribution >= 0.6 is 0 Å². The van der Waals surface area contributed by atoms with Gasteiger partial charge in [0, 0.05) is 11.6 Å². The molecule has 1 unspecified atom stereocenters. The van der Waals surface area contributed by atoms with E-state index in [1.54, 1.807) is 0 Å². The third-order valence-corrected chi connectivity index (χ3v) is 2.86. The molecule has 1 heterocycles. The topological polar surface area (TPSA) is 85.2 Å². The Balaban J connectivity index is 2.13. The minimum absolute atomic E-state index is 0.173. The van der Waals surface area contributed by atoms with Gasteiger partial charge in [-0.05, 0) is 24.5 Å². The van der Waals surface area contributed by atoms with E-state index in [1.807, 2.05) is 30.3 Å². The van der Waals surface area contributed by atoms with Crippen LogP contribution in [-0.4, -0.2) is 21.3 Å². The molecule has 0 saturated heterocycles. The molecular formula is C14H19N3O2. The highest BCUT2D eigenvalue weighted by atomic mass is 16.4. The van der Waals surface area contributed by atoms with Gasteiger partial charge in [0.05, 0.1) is 0 Å². The molecule has 2 atom stereocenters. The zero-order chi connectivity index (χ0) is 13.8. The smallest absolute Gasteiger partial charge is 0.247 e. The fourth-order valence-electron chi connectivity index (χ4n) is 1.91. The lowest BCUT2D eigenvalue weighted by Crippen LogP contribution is -2.30. The van der Waals surface area contributed by atoms with Crippen molar-refractivity contribution in [3.8, 4) is 11.5 Å². The number of nitrogens with two attached hydrogens (primary N) is 1. The van der Waals surface area contributed by atoms with Crippen molar-refractivity contribution in [2.45, 2.75) is 32.4 Å². The van der Waals surface area contributed by atoms with Crippen LogP contribution in [0.4, 0.5) is 0 Å². The molecule has 0 amide bonds. The van der Waals surface area contributed by atoms with Gasteiger partial charge in [0.1, 0.15) is 6.10 Å². The van der Waals surface area contributed by atoms with E-state index in [9.17, 15) is 5.11 Å². The van der Waals surface area contributed by atoms with E-state index in [0.29, 0.717) is 18.2 Å². The van der Waals surface area contributed by atoms with Crippen LogP contribution in [0.15, 0.2) is 34.7 Å². The molecule has 0 aliphatic rings. The van der Waals surface area contributed by atoms with Crippen molar-refractivity contribution in [3.05, 3.63) is 36.2 Å². The van der Waals surface area contributed by atoms with Crippen molar-refractivity contribution in [3.63, 3.8) is 0 Å². The van der Waals surface area contributed by atoms with E-state index >= 15 is 0 Å². The third kappa shape index (κ3) is 3.39. The number of rotatable bonds is 5. The highest BCUT2D eigenvalue weighted by molar-refractivity contribution is 5.51. The maximum absolute atomic E-state index is 10.1. The normalized spacial score (nSPS) is 14.6. The predicted octanol–water partition coefficient (Wildman–Crippen LogP) is 2.14. The van der Waals surface area contributed by atoms with Crippen molar-refractivity contribution in [1.29, 1.82) is 0 Å². The van der Waals surface area contributed by atoms with Crippen molar-refractivity contribution < 1.29 is 9.52 Å². The van der Waals surface area contributed by atoms with Crippen LogP contribution in [0, 0.1) is 5.92 Å². The summed E-state index contributed by atoms with van der Waals surface area (Å²) >= 11 is 0. The van der Waals surface area contributed by atoms with Gasteiger partial charge in [-0.1, -0.05) is 32.0 Å². The summed E-state index contributed by atoms with van der Waals surface area (Å²) in [6.07, 6.45) is -0.225. The molecule has 0 spiro atoms. The Hall–Kier alpha value is -1.72. The monoisotopic (exact) mass is 261 g/mol. The summed E-state index contributed by atoms with van der Waals surface area (Å²) in [5, 5.41) is 17.9. The first kappa shape index (κ1) is 13.7. The molecule has 1 aromatic heterocycles. The molecule has 0 bridgehead atoms. The number of aliphatic hydroxyl groups is 1. The van der Waals surface area contributed by atoms with Gasteiger partial charge >= 0.3 is 0 Å². The molecule has 19 heavy (non-hydrogen) atoms. The zero-order valence-corrected chi connectivity index (χ0v) is 11.2. The first-order chi connectivity index (χ1) is 9.08. The number of aromatic nitrogens is 2. The molecule has 3 N–H and O–H groups in total. The molecule has 1 aromatic carbocycles. The zero-order valence-electron chi connectivity index (χ0n) is 11.2. The summed E-state index contributed by atoms with van der Waals surface area (Å²) in [7, 11) is 0. The van der Waals surface area contributed by atoms with Gasteiger partial charge in [0.25, 0.3) is 0 Å². The minimum atomic E-state index is -0.924. The average Bonchev–Trinajstić information content (AvgIpc) is 2.87. The molecule has 2 aromatic rings. The second-order valence-corrected chi connectivity index (χ2v) is 5.05. The maximum atomic E-state index is 10.1. The van der Waals surface area contributed by atoms with Crippen LogP contribution in [0.25, 0.3) is 11.5 Å². The fourth-order valence-corrected chi connectivity index (χ4v) is 1.91. The van der Waals surface area contributed by atoms with Gasteiger partial charge in [-0.2, -0.15) is 0 Å². The summed E-state index contributed by atoms with van der Waals surface area (Å²) in [5.41, 5.74) is 6.75. The predicted molar refractivity (Wildman–Crippen MR) is 72.1 cm³/mol. The number of benzene rings is 1. The number of hydrogen-bond acceptors (Lipinski definition) is 5. The van der Waals surface area contributed by atoms with Gasteiger partial charge in [-0.15, -0.1) is 10.2 Å². The summed E-state index contributed by atoms with van der Waals surface area (Å²) in [6, 6.07) is 9.04. The molecule has 0 aliphatic heterocycles. The van der Waals surface area contributed by atoms with E-state index < -0.39 is 12.1 Å². The second-order valence-electron chi connectivity index (χ2n) is 5.05. The Morgan fingerprint density at radius 2 is 1.89 bits per heavy atom. The second kappa shape index (κ2) is 5.95. The van der Waals surface area contributed by atoms with Gasteiger partial charge in [0.15, 0.2) is 0 Å². The highest BCUT2D eigenvalue weighted by Crippen LogP contribution is 2.23. The Bertz CT molecular complexity index is 510. The SMILES string of the molecule is CC(C)C[C@H](N)C(O)c1nnc(-c2ccccc2)o1. The van der Waals surface area contributed by atoms with Crippen LogP contribution < -0.4 is 5.73 Å². The molecule has 2 rings (SSSR count). The average molecular weight is 261 g/mol. The van der Waals surface area contributed by atoms with Gasteiger partial charge in [-0.25, -0.2) is 0 Å². The van der Waals surface area contributed by atoms with Crippen LogP contribution in [-0.2, 0) is 0 Å². The Morgan fingerprint density at radius 1 is 1.21 bits per heavy atom. The molecule has 5 nitrogen and oxygen atoms in total. The quantitative estimate of drug-likeness (QED) is 0.861. The van der Waals surface area contributed by atoms with Crippen LogP contribution in [0.2, 0.25) is 0 Å². The molecule has 5 heteroatoms. The molecule has 0 radical (unpaired) electrons. The third-order valence-electron chi connectivity index (χ3n) is 2.86. The van der Waals surface area contributed by atoms with Gasteiger partial charge in [0.2, 0.25) is 11.8 Å². The van der Waals surface area contributed by atoms with Crippen molar-refractivity contribution in [1.82, 2.24) is 10.2 Å². The molecular weight excluding hydrogens is 242 g/mol. The van der Waals surface area contributed by atoms with E-state index in [2.05, 4.69) is 24.0 Å². The highest BCUT2D eigenvalue weighted by Gasteiger charge is 2.23. The lowest BCUT2D eigenvalue weighted by atomic mass is 10.0. The minimum Gasteiger partial charge on any atom is -0.418 e. The Morgan fingerprint density at radius 3 is 2.53 bits per heavy atom. The molecule has 0 fully saturated rings. The summed E-state index contributed by atoms with van der Waals surface area (Å²) in [5.74, 6) is 0.972. The van der Waals surface area contributed by atoms with Crippen molar-refractivity contribution >= 4 is 0 Å². The standard InChI is InChI=1S/C14H19N3O2/c1-9(2)8-11(15)12(18)14-17-16-13(19-14)10-6-4-3-5-7-10/h3-7,9,11-12,18H,8,15H2,1-2H3/t11-,12?/m0/s1. The first-order valence-electron chi connectivity index (χ1n) is 6.40. The first-order valence-corrected chi connectivity index (χ1v) is 6.40. The number of nitrogens with zero attached hydrogens (tertiary/aromatic N) is 2. The Labute approximate surface area is 112 Å². The van der Waals surface area contributed by atoms with Gasteiger partial charge < -0.3 is 15.3 Å². The van der Waals surface area contributed by atoms with E-state index in [1.165, 1.54) is 0 Å². The lowest BCUT2D eigenvalue weighted by molar-refractivity contribution is 0.107. The molecule has 0 aliphatic carbocycles. The lowest BCUT2D eigenvalue weighted by Gasteiger charge is -2.17. The Kier molecular flexibility index (Phi) is 4.29. The fraction of sp³-hybridized carbons (Fsp3) is 0.429. The van der Waals surface area contributed by atoms with E-state index in [4.69, 9.17) is 10.2 Å². The number of hydrogen-bond donors (Lipinski definition) is 2. The van der Waals surface area contributed by atoms with Crippen LogP contribution in [0.1, 0.15) is 32.3 Å². The maximum Gasteiger partial charge on any atom is 0.247 e. The van der Waals surface area contributed by atoms with Crippen molar-refractivity contribution in [2.24, 2.45) is 11.7 Å². The van der Waals surface area contributed by atoms with Crippen LogP contribution in [0.5, 0.6) is 0 Å². The molecule has 102 valence electrons.